The molecule has 0 heterocycles. The van der Waals surface area contributed by atoms with Gasteiger partial charge in [0.25, 0.3) is 5.91 Å². The average Bonchev–Trinajstić information content (AvgIpc) is 2.62. The van der Waals surface area contributed by atoms with Crippen molar-refractivity contribution in [2.45, 2.75) is 39.5 Å². The number of amides is 1. The van der Waals surface area contributed by atoms with Crippen molar-refractivity contribution in [2.24, 2.45) is 0 Å². The van der Waals surface area contributed by atoms with Crippen molar-refractivity contribution in [1.29, 1.82) is 0 Å². The molecule has 2 N–H and O–H groups in total. The Morgan fingerprint density at radius 3 is 2.67 bits per heavy atom. The van der Waals surface area contributed by atoms with Crippen LogP contribution in [0.3, 0.4) is 0 Å². The molecule has 146 valence electrons. The number of rotatable bonds is 8. The average molecular weight is 455 g/mol. The van der Waals surface area contributed by atoms with E-state index in [4.69, 9.17) is 16.3 Å². The Bertz CT molecular complexity index is 785. The molecule has 0 spiro atoms. The van der Waals surface area contributed by atoms with Crippen LogP contribution in [0.2, 0.25) is 5.02 Å². The first-order valence-electron chi connectivity index (χ1n) is 9.01. The van der Waals surface area contributed by atoms with E-state index in [1.807, 2.05) is 39.0 Å². The minimum absolute atomic E-state index is 0.0438. The summed E-state index contributed by atoms with van der Waals surface area (Å²) in [4.78, 5) is 11.7. The van der Waals surface area contributed by atoms with E-state index in [0.29, 0.717) is 29.5 Å². The summed E-state index contributed by atoms with van der Waals surface area (Å²) >= 11 is 10.0. The van der Waals surface area contributed by atoms with Gasteiger partial charge in [-0.2, -0.15) is 0 Å². The van der Waals surface area contributed by atoms with Crippen LogP contribution in [0.15, 0.2) is 34.8 Å². The van der Waals surface area contributed by atoms with Crippen LogP contribution in [0.25, 0.3) is 0 Å². The zero-order valence-corrected chi connectivity index (χ0v) is 18.2. The van der Waals surface area contributed by atoms with E-state index in [-0.39, 0.29) is 18.4 Å². The van der Waals surface area contributed by atoms with Crippen molar-refractivity contribution >= 4 is 33.4 Å². The minimum atomic E-state index is -0.154. The molecule has 2 rings (SSSR count). The highest BCUT2D eigenvalue weighted by Crippen LogP contribution is 2.34. The molecular formula is C21H25BrClNO3. The molecule has 0 saturated carbocycles. The number of halogens is 2. The van der Waals surface area contributed by atoms with Crippen molar-refractivity contribution in [2.75, 3.05) is 13.2 Å². The third-order valence-electron chi connectivity index (χ3n) is 4.15. The summed E-state index contributed by atoms with van der Waals surface area (Å²) in [5, 5.41) is 13.3. The van der Waals surface area contributed by atoms with E-state index in [0.717, 1.165) is 27.6 Å². The van der Waals surface area contributed by atoms with Crippen molar-refractivity contribution < 1.29 is 14.6 Å². The lowest BCUT2D eigenvalue weighted by Crippen LogP contribution is -2.29. The van der Waals surface area contributed by atoms with Crippen LogP contribution in [0, 0.1) is 0 Å². The zero-order valence-electron chi connectivity index (χ0n) is 15.8. The first kappa shape index (κ1) is 21.6. The van der Waals surface area contributed by atoms with Crippen molar-refractivity contribution in [1.82, 2.24) is 5.32 Å². The van der Waals surface area contributed by atoms with E-state index in [1.54, 1.807) is 12.1 Å². The van der Waals surface area contributed by atoms with E-state index in [2.05, 4.69) is 21.2 Å². The van der Waals surface area contributed by atoms with Gasteiger partial charge in [0, 0.05) is 22.5 Å². The van der Waals surface area contributed by atoms with Crippen LogP contribution in [0.4, 0.5) is 0 Å². The molecule has 0 aliphatic rings. The highest BCUT2D eigenvalue weighted by atomic mass is 79.9. The second kappa shape index (κ2) is 10.00. The monoisotopic (exact) mass is 453 g/mol. The summed E-state index contributed by atoms with van der Waals surface area (Å²) in [6, 6.07) is 9.16. The quantitative estimate of drug-likeness (QED) is 0.559. The number of hydrogen-bond acceptors (Lipinski definition) is 3. The fraction of sp³-hybridized carbons (Fsp3) is 0.381. The maximum absolute atomic E-state index is 11.7. The van der Waals surface area contributed by atoms with Crippen molar-refractivity contribution in [3.63, 3.8) is 0 Å². The molecule has 0 unspecified atom stereocenters. The number of aromatic hydroxyl groups is 1. The number of phenols is 1. The van der Waals surface area contributed by atoms with Gasteiger partial charge in [-0.15, -0.1) is 0 Å². The number of carbonyl (C=O) groups is 1. The maximum atomic E-state index is 11.7. The predicted octanol–water partition coefficient (Wildman–Crippen LogP) is 5.43. The molecule has 2 aromatic rings. The van der Waals surface area contributed by atoms with Crippen LogP contribution in [0.1, 0.15) is 49.8 Å². The van der Waals surface area contributed by atoms with Crippen LogP contribution in [-0.2, 0) is 11.2 Å². The van der Waals surface area contributed by atoms with Gasteiger partial charge in [0.05, 0.1) is 0 Å². The molecule has 0 fully saturated rings. The number of hydrogen-bond donors (Lipinski definition) is 2. The first-order chi connectivity index (χ1) is 12.8. The Balaban J connectivity index is 2.13. The lowest BCUT2D eigenvalue weighted by Gasteiger charge is -2.14. The van der Waals surface area contributed by atoms with Gasteiger partial charge < -0.3 is 15.2 Å². The number of ether oxygens (including phenoxy) is 1. The number of phenolic OH excluding ortho intramolecular Hbond substituents is 1. The summed E-state index contributed by atoms with van der Waals surface area (Å²) in [5.74, 6) is 0.928. The fourth-order valence-corrected chi connectivity index (χ4v) is 3.65. The summed E-state index contributed by atoms with van der Waals surface area (Å²) in [7, 11) is 0. The molecule has 1 amide bonds. The lowest BCUT2D eigenvalue weighted by atomic mass is 9.96. The minimum Gasteiger partial charge on any atom is -0.508 e. The maximum Gasteiger partial charge on any atom is 0.257 e. The Kier molecular flexibility index (Phi) is 7.99. The van der Waals surface area contributed by atoms with Gasteiger partial charge in [-0.05, 0) is 47.2 Å². The Hall–Kier alpha value is -1.72. The van der Waals surface area contributed by atoms with Crippen LogP contribution in [0.5, 0.6) is 11.5 Å². The van der Waals surface area contributed by atoms with Gasteiger partial charge in [-0.1, -0.05) is 60.4 Å². The van der Waals surface area contributed by atoms with Gasteiger partial charge in [0.1, 0.15) is 11.5 Å². The summed E-state index contributed by atoms with van der Waals surface area (Å²) < 4.78 is 6.36. The number of benzene rings is 2. The van der Waals surface area contributed by atoms with Gasteiger partial charge in [-0.25, -0.2) is 0 Å². The number of nitrogens with one attached hydrogen (secondary N) is 1. The Labute approximate surface area is 174 Å². The third-order valence-corrected chi connectivity index (χ3v) is 5.20. The molecule has 0 aromatic heterocycles. The topological polar surface area (TPSA) is 58.6 Å². The van der Waals surface area contributed by atoms with E-state index in [9.17, 15) is 9.90 Å². The first-order valence-corrected chi connectivity index (χ1v) is 10.2. The normalized spacial score (nSPS) is 10.9. The second-order valence-corrected chi connectivity index (χ2v) is 7.99. The van der Waals surface area contributed by atoms with Gasteiger partial charge >= 0.3 is 0 Å². The molecule has 2 aromatic carbocycles. The van der Waals surface area contributed by atoms with Crippen molar-refractivity contribution in [3.05, 3.63) is 56.5 Å². The largest absolute Gasteiger partial charge is 0.508 e. The van der Waals surface area contributed by atoms with Gasteiger partial charge in [0.2, 0.25) is 0 Å². The highest BCUT2D eigenvalue weighted by molar-refractivity contribution is 9.10. The molecule has 0 atom stereocenters. The summed E-state index contributed by atoms with van der Waals surface area (Å²) in [5.41, 5.74) is 2.91. The van der Waals surface area contributed by atoms with Gasteiger partial charge in [0.15, 0.2) is 6.61 Å². The Morgan fingerprint density at radius 1 is 1.30 bits per heavy atom. The molecule has 0 saturated heterocycles. The standard InChI is InChI=1S/C21H25BrClNO3/c1-4-7-24-21(26)12-27-15-10-18(22)17(19(23)11-15)9-14-5-6-20(25)16(8-14)13(2)3/h5-6,8,10-11,13,25H,4,7,9,12H2,1-3H3,(H,24,26). The molecule has 4 nitrogen and oxygen atoms in total. The van der Waals surface area contributed by atoms with Crippen molar-refractivity contribution in [3.8, 4) is 11.5 Å². The van der Waals surface area contributed by atoms with E-state index >= 15 is 0 Å². The van der Waals surface area contributed by atoms with Gasteiger partial charge in [-0.3, -0.25) is 4.79 Å². The fourth-order valence-electron chi connectivity index (χ4n) is 2.68. The second-order valence-electron chi connectivity index (χ2n) is 6.73. The lowest BCUT2D eigenvalue weighted by molar-refractivity contribution is -0.123. The molecule has 0 bridgehead atoms. The molecule has 0 radical (unpaired) electrons. The van der Waals surface area contributed by atoms with Crippen LogP contribution >= 0.6 is 27.5 Å². The highest BCUT2D eigenvalue weighted by Gasteiger charge is 2.13. The molecular weight excluding hydrogens is 430 g/mol. The molecule has 0 aliphatic heterocycles. The SMILES string of the molecule is CCCNC(=O)COc1cc(Cl)c(Cc2ccc(O)c(C(C)C)c2)c(Br)c1. The van der Waals surface area contributed by atoms with E-state index < -0.39 is 0 Å². The van der Waals surface area contributed by atoms with Crippen LogP contribution in [-0.4, -0.2) is 24.2 Å². The smallest absolute Gasteiger partial charge is 0.257 e. The van der Waals surface area contributed by atoms with E-state index in [1.165, 1.54) is 0 Å². The molecule has 27 heavy (non-hydrogen) atoms. The van der Waals surface area contributed by atoms with Crippen LogP contribution < -0.4 is 10.1 Å². The third kappa shape index (κ3) is 6.15. The zero-order chi connectivity index (χ0) is 20.0. The molecule has 6 heteroatoms. The Morgan fingerprint density at radius 2 is 2.04 bits per heavy atom. The predicted molar refractivity (Wildman–Crippen MR) is 113 cm³/mol. The number of carbonyl (C=O) groups excluding carboxylic acids is 1. The summed E-state index contributed by atoms with van der Waals surface area (Å²) in [6.07, 6.45) is 1.50. The molecule has 0 aliphatic carbocycles. The summed E-state index contributed by atoms with van der Waals surface area (Å²) in [6.45, 7) is 6.68.